The molecule has 0 aliphatic carbocycles. The zero-order valence-electron chi connectivity index (χ0n) is 9.25. The quantitative estimate of drug-likeness (QED) is 0.807. The topological polar surface area (TPSA) is 43.8 Å². The van der Waals surface area contributed by atoms with E-state index in [0.717, 1.165) is 5.69 Å². The van der Waals surface area contributed by atoms with Crippen molar-refractivity contribution in [3.8, 4) is 0 Å². The minimum atomic E-state index is -0.897. The molecule has 1 aromatic rings. The summed E-state index contributed by atoms with van der Waals surface area (Å²) in [6.45, 7) is -0.101. The van der Waals surface area contributed by atoms with Gasteiger partial charge >= 0.3 is 5.97 Å². The summed E-state index contributed by atoms with van der Waals surface area (Å²) in [7, 11) is 3.48. The van der Waals surface area contributed by atoms with Crippen molar-refractivity contribution >= 4 is 29.0 Å². The van der Waals surface area contributed by atoms with E-state index in [0.29, 0.717) is 5.11 Å². The summed E-state index contributed by atoms with van der Waals surface area (Å²) in [4.78, 5) is 13.8. The number of rotatable bonds is 3. The Bertz CT molecular complexity index is 381. The molecule has 0 aliphatic rings. The van der Waals surface area contributed by atoms with Crippen molar-refractivity contribution in [1.29, 1.82) is 0 Å². The largest absolute Gasteiger partial charge is 0.480 e. The van der Waals surface area contributed by atoms with Crippen LogP contribution in [0.4, 0.5) is 5.69 Å². The Morgan fingerprint density at radius 1 is 1.31 bits per heavy atom. The number of thiocarbonyl (C=S) groups is 1. The summed E-state index contributed by atoms with van der Waals surface area (Å²) in [6.07, 6.45) is 0. The lowest BCUT2D eigenvalue weighted by molar-refractivity contribution is -0.137. The van der Waals surface area contributed by atoms with Gasteiger partial charge < -0.3 is 14.9 Å². The molecule has 0 radical (unpaired) electrons. The number of carbonyl (C=O) groups is 1. The summed E-state index contributed by atoms with van der Waals surface area (Å²) in [5.41, 5.74) is 0.935. The molecule has 0 heterocycles. The third-order valence-corrected chi connectivity index (χ3v) is 2.71. The molecule has 0 saturated carbocycles. The molecule has 1 rings (SSSR count). The van der Waals surface area contributed by atoms with E-state index in [2.05, 4.69) is 0 Å². The first kappa shape index (κ1) is 12.4. The van der Waals surface area contributed by atoms with Crippen molar-refractivity contribution < 1.29 is 9.90 Å². The van der Waals surface area contributed by atoms with Gasteiger partial charge in [0.1, 0.15) is 6.54 Å². The van der Waals surface area contributed by atoms with Crippen molar-refractivity contribution in [2.45, 2.75) is 0 Å². The molecule has 0 saturated heterocycles. The lowest BCUT2D eigenvalue weighted by Gasteiger charge is -2.26. The highest BCUT2D eigenvalue weighted by atomic mass is 32.1. The minimum absolute atomic E-state index is 0.101. The van der Waals surface area contributed by atoms with E-state index in [1.54, 1.807) is 11.9 Å². The molecule has 0 aromatic heterocycles. The Morgan fingerprint density at radius 2 is 1.88 bits per heavy atom. The Kier molecular flexibility index (Phi) is 4.25. The van der Waals surface area contributed by atoms with Gasteiger partial charge in [0.25, 0.3) is 0 Å². The van der Waals surface area contributed by atoms with E-state index < -0.39 is 5.97 Å². The summed E-state index contributed by atoms with van der Waals surface area (Å²) in [5.74, 6) is -0.897. The van der Waals surface area contributed by atoms with Crippen LogP contribution in [0, 0.1) is 0 Å². The lowest BCUT2D eigenvalue weighted by Crippen LogP contribution is -2.41. The number of aliphatic carboxylic acids is 1. The number of para-hydroxylation sites is 1. The van der Waals surface area contributed by atoms with Crippen LogP contribution in [0.2, 0.25) is 0 Å². The molecule has 0 bridgehead atoms. The summed E-state index contributed by atoms with van der Waals surface area (Å²) in [6, 6.07) is 9.57. The second-order valence-electron chi connectivity index (χ2n) is 3.43. The standard InChI is InChI=1S/C11H14N2O2S/c1-12(8-10(14)15)11(16)13(2)9-6-4-3-5-7-9/h3-7H,8H2,1-2H3,(H,14,15). The molecule has 1 aromatic carbocycles. The molecule has 0 aliphatic heterocycles. The summed E-state index contributed by atoms with van der Waals surface area (Å²) >= 11 is 5.19. The van der Waals surface area contributed by atoms with Crippen LogP contribution >= 0.6 is 12.2 Å². The SMILES string of the molecule is CN(CC(=O)O)C(=S)N(C)c1ccccc1. The van der Waals surface area contributed by atoms with Gasteiger partial charge in [-0.15, -0.1) is 0 Å². The van der Waals surface area contributed by atoms with Crippen LogP contribution in [-0.4, -0.2) is 41.7 Å². The van der Waals surface area contributed by atoms with Crippen LogP contribution in [0.3, 0.4) is 0 Å². The van der Waals surface area contributed by atoms with Gasteiger partial charge in [-0.05, 0) is 24.4 Å². The maximum atomic E-state index is 10.6. The monoisotopic (exact) mass is 238 g/mol. The minimum Gasteiger partial charge on any atom is -0.480 e. The van der Waals surface area contributed by atoms with Gasteiger partial charge in [-0.3, -0.25) is 4.79 Å². The highest BCUT2D eigenvalue weighted by molar-refractivity contribution is 7.80. The van der Waals surface area contributed by atoms with Gasteiger partial charge in [0.15, 0.2) is 5.11 Å². The summed E-state index contributed by atoms with van der Waals surface area (Å²) in [5, 5.41) is 9.15. The molecular formula is C11H14N2O2S. The normalized spacial score (nSPS) is 9.62. The van der Waals surface area contributed by atoms with E-state index >= 15 is 0 Å². The van der Waals surface area contributed by atoms with E-state index in [4.69, 9.17) is 17.3 Å². The first-order chi connectivity index (χ1) is 7.52. The number of hydrogen-bond acceptors (Lipinski definition) is 2. The van der Waals surface area contributed by atoms with Crippen LogP contribution in [-0.2, 0) is 4.79 Å². The van der Waals surface area contributed by atoms with Gasteiger partial charge in [0.05, 0.1) is 0 Å². The van der Waals surface area contributed by atoms with Gasteiger partial charge in [-0.1, -0.05) is 18.2 Å². The number of hydrogen-bond donors (Lipinski definition) is 1. The number of carboxylic acid groups (broad SMARTS) is 1. The van der Waals surface area contributed by atoms with Crippen LogP contribution in [0.25, 0.3) is 0 Å². The number of nitrogens with zero attached hydrogens (tertiary/aromatic N) is 2. The zero-order valence-corrected chi connectivity index (χ0v) is 10.1. The highest BCUT2D eigenvalue weighted by Crippen LogP contribution is 2.12. The smallest absolute Gasteiger partial charge is 0.323 e. The Balaban J connectivity index is 2.71. The van der Waals surface area contributed by atoms with Crippen molar-refractivity contribution in [3.63, 3.8) is 0 Å². The number of anilines is 1. The van der Waals surface area contributed by atoms with E-state index in [-0.39, 0.29) is 6.54 Å². The number of likely N-dealkylation sites (N-methyl/N-ethyl adjacent to an activating group) is 1. The van der Waals surface area contributed by atoms with Crippen molar-refractivity contribution in [3.05, 3.63) is 30.3 Å². The predicted molar refractivity (Wildman–Crippen MR) is 67.7 cm³/mol. The molecule has 0 unspecified atom stereocenters. The van der Waals surface area contributed by atoms with Gasteiger partial charge in [0.2, 0.25) is 0 Å². The van der Waals surface area contributed by atoms with E-state index in [1.807, 2.05) is 37.4 Å². The van der Waals surface area contributed by atoms with Crippen LogP contribution in [0.15, 0.2) is 30.3 Å². The first-order valence-electron chi connectivity index (χ1n) is 4.78. The highest BCUT2D eigenvalue weighted by Gasteiger charge is 2.13. The second-order valence-corrected chi connectivity index (χ2v) is 3.79. The maximum Gasteiger partial charge on any atom is 0.323 e. The molecule has 1 N–H and O–H groups in total. The first-order valence-corrected chi connectivity index (χ1v) is 5.19. The third kappa shape index (κ3) is 3.20. The fraction of sp³-hybridized carbons (Fsp3) is 0.273. The van der Waals surface area contributed by atoms with Crippen LogP contribution < -0.4 is 4.90 Å². The molecule has 86 valence electrons. The van der Waals surface area contributed by atoms with Crippen LogP contribution in [0.1, 0.15) is 0 Å². The molecular weight excluding hydrogens is 224 g/mol. The van der Waals surface area contributed by atoms with Gasteiger partial charge in [-0.25, -0.2) is 0 Å². The van der Waals surface area contributed by atoms with Gasteiger partial charge in [-0.2, -0.15) is 0 Å². The van der Waals surface area contributed by atoms with Crippen molar-refractivity contribution in [2.75, 3.05) is 25.5 Å². The average molecular weight is 238 g/mol. The Hall–Kier alpha value is -1.62. The summed E-state index contributed by atoms with van der Waals surface area (Å²) < 4.78 is 0. The molecule has 0 atom stereocenters. The fourth-order valence-corrected chi connectivity index (χ4v) is 1.46. The van der Waals surface area contributed by atoms with Gasteiger partial charge in [0, 0.05) is 19.8 Å². The van der Waals surface area contributed by atoms with Crippen LogP contribution in [0.5, 0.6) is 0 Å². The molecule has 4 nitrogen and oxygen atoms in total. The van der Waals surface area contributed by atoms with Crippen molar-refractivity contribution in [1.82, 2.24) is 4.90 Å². The third-order valence-electron chi connectivity index (χ3n) is 2.13. The second kappa shape index (κ2) is 5.46. The molecule has 0 amide bonds. The average Bonchev–Trinajstić information content (AvgIpc) is 2.27. The number of carboxylic acids is 1. The molecule has 0 spiro atoms. The number of benzene rings is 1. The van der Waals surface area contributed by atoms with E-state index in [9.17, 15) is 4.79 Å². The maximum absolute atomic E-state index is 10.6. The Labute approximate surface area is 100 Å². The van der Waals surface area contributed by atoms with Crippen molar-refractivity contribution in [2.24, 2.45) is 0 Å². The zero-order chi connectivity index (χ0) is 12.1. The predicted octanol–water partition coefficient (Wildman–Crippen LogP) is 1.42. The Morgan fingerprint density at radius 3 is 2.38 bits per heavy atom. The van der Waals surface area contributed by atoms with E-state index in [1.165, 1.54) is 4.90 Å². The lowest BCUT2D eigenvalue weighted by atomic mass is 10.3. The molecule has 16 heavy (non-hydrogen) atoms. The molecule has 5 heteroatoms. The molecule has 0 fully saturated rings. The fourth-order valence-electron chi connectivity index (χ4n) is 1.29.